The molecule has 0 saturated heterocycles. The van der Waals surface area contributed by atoms with Gasteiger partial charge in [0.15, 0.2) is 5.69 Å². The molecule has 0 bridgehead atoms. The van der Waals surface area contributed by atoms with Gasteiger partial charge in [0.1, 0.15) is 11.0 Å². The number of aromatic nitrogens is 2. The number of nitriles is 1. The summed E-state index contributed by atoms with van der Waals surface area (Å²) in [7, 11) is -9.97. The van der Waals surface area contributed by atoms with E-state index >= 15 is 0 Å². The van der Waals surface area contributed by atoms with Crippen molar-refractivity contribution in [2.24, 2.45) is 0 Å². The van der Waals surface area contributed by atoms with Crippen molar-refractivity contribution >= 4 is 53.8 Å². The summed E-state index contributed by atoms with van der Waals surface area (Å²) < 4.78 is 102. The number of alkyl halides is 3. The molecule has 15 heteroatoms. The minimum absolute atomic E-state index is 0.0892. The number of thioether (sulfide) groups is 1. The standard InChI is InChI=1S/C11H3Br2F8N3S2/c12-6-1-5(26(17,18,19,20)21)2-7(13)10(6)24-4-9(8(3-22)23-24)25-11(14,15)16/h1-2,4H. The van der Waals surface area contributed by atoms with Crippen LogP contribution in [0.3, 0.4) is 0 Å². The van der Waals surface area contributed by atoms with Crippen molar-refractivity contribution in [2.75, 3.05) is 0 Å². The molecule has 1 aromatic carbocycles. The Hall–Kier alpha value is -0.980. The van der Waals surface area contributed by atoms with Gasteiger partial charge in [-0.1, -0.05) is 19.4 Å². The molecule has 0 saturated carbocycles. The number of rotatable bonds is 3. The van der Waals surface area contributed by atoms with Crippen molar-refractivity contribution in [3.05, 3.63) is 33.0 Å². The molecule has 26 heavy (non-hydrogen) atoms. The van der Waals surface area contributed by atoms with Gasteiger partial charge in [-0.3, -0.25) is 0 Å². The first-order chi connectivity index (χ1) is 11.4. The monoisotopic (exact) mass is 551 g/mol. The molecule has 0 aliphatic carbocycles. The van der Waals surface area contributed by atoms with Crippen LogP contribution in [0.4, 0.5) is 32.6 Å². The Kier molecular flexibility index (Phi) is 4.72. The molecule has 0 unspecified atom stereocenters. The third-order valence-electron chi connectivity index (χ3n) is 2.68. The summed E-state index contributed by atoms with van der Waals surface area (Å²) in [5.41, 5.74) is -5.66. The molecule has 1 heterocycles. The average Bonchev–Trinajstić information content (AvgIpc) is 2.75. The van der Waals surface area contributed by atoms with Gasteiger partial charge in [-0.15, -0.1) is 0 Å². The summed E-state index contributed by atoms with van der Waals surface area (Å²) in [4.78, 5) is -2.80. The molecule has 3 nitrogen and oxygen atoms in total. The molecule has 1 aromatic heterocycles. The van der Waals surface area contributed by atoms with Gasteiger partial charge < -0.3 is 0 Å². The van der Waals surface area contributed by atoms with Gasteiger partial charge in [-0.2, -0.15) is 23.5 Å². The molecular weight excluding hydrogens is 550 g/mol. The first-order valence-electron chi connectivity index (χ1n) is 5.90. The molecule has 0 atom stereocenters. The van der Waals surface area contributed by atoms with Gasteiger partial charge in [0, 0.05) is 15.1 Å². The lowest BCUT2D eigenvalue weighted by Crippen LogP contribution is -2.08. The normalized spacial score (nSPS) is 15.3. The van der Waals surface area contributed by atoms with Crippen molar-refractivity contribution in [1.82, 2.24) is 9.78 Å². The fourth-order valence-corrected chi connectivity index (χ4v) is 4.85. The van der Waals surface area contributed by atoms with Gasteiger partial charge in [0.25, 0.3) is 0 Å². The fourth-order valence-electron chi connectivity index (χ4n) is 1.73. The summed E-state index contributed by atoms with van der Waals surface area (Å²) in [6.07, 6.45) is 0.751. The van der Waals surface area contributed by atoms with Gasteiger partial charge in [0.05, 0.1) is 10.6 Å². The number of hydrogen-bond donors (Lipinski definition) is 0. The van der Waals surface area contributed by atoms with Gasteiger partial charge >= 0.3 is 15.7 Å². The Morgan fingerprint density at radius 2 is 1.58 bits per heavy atom. The Labute approximate surface area is 161 Å². The van der Waals surface area contributed by atoms with Crippen LogP contribution in [0.15, 0.2) is 37.1 Å². The average molecular weight is 553 g/mol. The van der Waals surface area contributed by atoms with Crippen molar-refractivity contribution in [1.29, 1.82) is 5.26 Å². The van der Waals surface area contributed by atoms with E-state index in [1.54, 1.807) is 0 Å². The molecule has 0 aliphatic heterocycles. The molecule has 0 N–H and O–H groups in total. The number of nitrogens with zero attached hydrogens (tertiary/aromatic N) is 3. The van der Waals surface area contributed by atoms with Crippen LogP contribution in [0.5, 0.6) is 0 Å². The van der Waals surface area contributed by atoms with E-state index in [0.717, 1.165) is 6.20 Å². The summed E-state index contributed by atoms with van der Waals surface area (Å²) >= 11 is 4.71. The maximum atomic E-state index is 12.9. The quantitative estimate of drug-likeness (QED) is 0.292. The highest BCUT2D eigenvalue weighted by Crippen LogP contribution is 3.02. The van der Waals surface area contributed by atoms with E-state index in [-0.39, 0.29) is 17.8 Å². The summed E-state index contributed by atoms with van der Waals surface area (Å²) in [5.74, 6) is 0. The van der Waals surface area contributed by atoms with Gasteiger partial charge in [0.2, 0.25) is 0 Å². The maximum Gasteiger partial charge on any atom is 0.446 e. The van der Waals surface area contributed by atoms with Crippen molar-refractivity contribution in [3.8, 4) is 11.8 Å². The zero-order valence-electron chi connectivity index (χ0n) is 11.7. The molecule has 0 radical (unpaired) electrons. The second kappa shape index (κ2) is 5.76. The van der Waals surface area contributed by atoms with Crippen molar-refractivity contribution in [2.45, 2.75) is 15.3 Å². The molecule has 2 rings (SSSR count). The Morgan fingerprint density at radius 1 is 1.08 bits per heavy atom. The van der Waals surface area contributed by atoms with Crippen LogP contribution in [-0.2, 0) is 0 Å². The third-order valence-corrected chi connectivity index (χ3v) is 5.76. The van der Waals surface area contributed by atoms with E-state index in [2.05, 4.69) is 37.0 Å². The van der Waals surface area contributed by atoms with E-state index in [4.69, 9.17) is 5.26 Å². The second-order valence-corrected chi connectivity index (χ2v) is 9.88. The highest BCUT2D eigenvalue weighted by atomic mass is 79.9. The Balaban J connectivity index is 2.64. The lowest BCUT2D eigenvalue weighted by molar-refractivity contribution is -0.0328. The lowest BCUT2D eigenvalue weighted by Gasteiger charge is -2.40. The van der Waals surface area contributed by atoms with E-state index < -0.39 is 51.9 Å². The predicted octanol–water partition coefficient (Wildman–Crippen LogP) is 7.54. The smallest absolute Gasteiger partial charge is 0.236 e. The van der Waals surface area contributed by atoms with Gasteiger partial charge in [-0.25, -0.2) is 4.68 Å². The largest absolute Gasteiger partial charge is 0.446 e. The molecule has 0 spiro atoms. The SMILES string of the molecule is N#Cc1nn(-c2c(Br)cc(S(F)(F)(F)(F)F)cc2Br)cc1SC(F)(F)F. The zero-order valence-corrected chi connectivity index (χ0v) is 16.5. The molecule has 0 fully saturated rings. The molecule has 0 aliphatic rings. The predicted molar refractivity (Wildman–Crippen MR) is 87.0 cm³/mol. The first-order valence-corrected chi connectivity index (χ1v) is 10.3. The van der Waals surface area contributed by atoms with Crippen LogP contribution in [0, 0.1) is 11.3 Å². The van der Waals surface area contributed by atoms with Crippen LogP contribution in [0.2, 0.25) is 0 Å². The minimum Gasteiger partial charge on any atom is -0.236 e. The maximum absolute atomic E-state index is 12.9. The summed E-state index contributed by atoms with van der Waals surface area (Å²) in [6, 6.07) is 1.60. The van der Waals surface area contributed by atoms with Gasteiger partial charge in [-0.05, 0) is 55.8 Å². The van der Waals surface area contributed by atoms with Crippen LogP contribution < -0.4 is 0 Å². The number of benzene rings is 1. The minimum atomic E-state index is -9.97. The van der Waals surface area contributed by atoms with E-state index in [9.17, 15) is 32.6 Å². The molecule has 2 aromatic rings. The second-order valence-electron chi connectivity index (χ2n) is 4.65. The van der Waals surface area contributed by atoms with E-state index in [1.807, 2.05) is 0 Å². The Bertz CT molecular complexity index is 907. The van der Waals surface area contributed by atoms with Crippen LogP contribution in [-0.4, -0.2) is 15.3 Å². The third kappa shape index (κ3) is 4.84. The zero-order chi connectivity index (χ0) is 20.2. The van der Waals surface area contributed by atoms with E-state index in [1.165, 1.54) is 6.07 Å². The molecular formula is C11H3Br2F8N3S2. The first kappa shape index (κ1) is 21.3. The van der Waals surface area contributed by atoms with Crippen LogP contribution >= 0.6 is 53.8 Å². The molecule has 144 valence electrons. The summed E-state index contributed by atoms with van der Waals surface area (Å²) in [6.45, 7) is 0. The van der Waals surface area contributed by atoms with Crippen LogP contribution in [0.25, 0.3) is 5.69 Å². The van der Waals surface area contributed by atoms with Crippen LogP contribution in [0.1, 0.15) is 5.69 Å². The highest BCUT2D eigenvalue weighted by Gasteiger charge is 2.65. The van der Waals surface area contributed by atoms with E-state index in [0.29, 0.717) is 4.68 Å². The summed E-state index contributed by atoms with van der Waals surface area (Å²) in [5, 5.41) is 12.4. The lowest BCUT2D eigenvalue weighted by atomic mass is 10.3. The fraction of sp³-hybridized carbons (Fsp3) is 0.0909. The van der Waals surface area contributed by atoms with Crippen molar-refractivity contribution < 1.29 is 32.6 Å². The number of halogens is 10. The topological polar surface area (TPSA) is 41.6 Å². The Morgan fingerprint density at radius 3 is 1.96 bits per heavy atom. The highest BCUT2D eigenvalue weighted by molar-refractivity contribution is 9.11. The number of hydrogen-bond acceptors (Lipinski definition) is 3. The van der Waals surface area contributed by atoms with Crippen molar-refractivity contribution in [3.63, 3.8) is 0 Å². The molecule has 0 amide bonds.